The minimum absolute atomic E-state index is 0.131. The van der Waals surface area contributed by atoms with Crippen molar-refractivity contribution in [1.82, 2.24) is 35.3 Å². The first-order valence-corrected chi connectivity index (χ1v) is 13.7. The first-order valence-electron chi connectivity index (χ1n) is 12.8. The highest BCUT2D eigenvalue weighted by molar-refractivity contribution is 7.10. The van der Waals surface area contributed by atoms with E-state index in [0.717, 1.165) is 49.4 Å². The fourth-order valence-electron chi connectivity index (χ4n) is 4.87. The first-order chi connectivity index (χ1) is 18.1. The number of nitrogens with zero attached hydrogens (tertiary/aromatic N) is 6. The normalized spacial score (nSPS) is 17.6. The van der Waals surface area contributed by atoms with E-state index in [1.54, 1.807) is 11.0 Å². The molecule has 4 heterocycles. The number of amides is 2. The van der Waals surface area contributed by atoms with Crippen LogP contribution in [0.5, 0.6) is 0 Å². The van der Waals surface area contributed by atoms with E-state index >= 15 is 0 Å². The van der Waals surface area contributed by atoms with Crippen molar-refractivity contribution < 1.29 is 18.7 Å². The zero-order valence-corrected chi connectivity index (χ0v) is 21.9. The van der Waals surface area contributed by atoms with Gasteiger partial charge in [-0.05, 0) is 48.6 Å². The summed E-state index contributed by atoms with van der Waals surface area (Å²) in [4.78, 5) is 33.4. The van der Waals surface area contributed by atoms with Gasteiger partial charge in [0.2, 0.25) is 17.6 Å². The van der Waals surface area contributed by atoms with Gasteiger partial charge in [0.05, 0.1) is 13.2 Å². The zero-order valence-electron chi connectivity index (χ0n) is 21.0. The molecule has 1 atom stereocenters. The van der Waals surface area contributed by atoms with Gasteiger partial charge < -0.3 is 19.4 Å². The molecule has 0 spiro atoms. The van der Waals surface area contributed by atoms with Crippen molar-refractivity contribution in [2.24, 2.45) is 0 Å². The molecule has 1 aliphatic carbocycles. The van der Waals surface area contributed by atoms with Crippen LogP contribution in [0.2, 0.25) is 0 Å². The summed E-state index contributed by atoms with van der Waals surface area (Å²) in [6.45, 7) is 5.70. The van der Waals surface area contributed by atoms with Crippen molar-refractivity contribution in [2.75, 3.05) is 39.4 Å². The van der Waals surface area contributed by atoms with Crippen LogP contribution in [0.4, 0.5) is 0 Å². The molecule has 1 aliphatic heterocycles. The molecule has 2 aliphatic rings. The number of hydrogen-bond acceptors (Lipinski definition) is 9. The molecule has 11 nitrogen and oxygen atoms in total. The summed E-state index contributed by atoms with van der Waals surface area (Å²) in [5, 5.41) is 17.6. The summed E-state index contributed by atoms with van der Waals surface area (Å²) in [6, 6.07) is 6.87. The highest BCUT2D eigenvalue weighted by atomic mass is 32.1. The van der Waals surface area contributed by atoms with Crippen molar-refractivity contribution >= 4 is 23.2 Å². The number of tetrazole rings is 1. The summed E-state index contributed by atoms with van der Waals surface area (Å²) in [5.41, 5.74) is 0. The summed E-state index contributed by atoms with van der Waals surface area (Å²) < 4.78 is 11.1. The quantitative estimate of drug-likeness (QED) is 0.427. The Kier molecular flexibility index (Phi) is 8.27. The largest absolute Gasteiger partial charge is 0.458 e. The number of morpholine rings is 1. The van der Waals surface area contributed by atoms with Crippen LogP contribution in [-0.4, -0.2) is 87.3 Å². The molecule has 0 aromatic carbocycles. The summed E-state index contributed by atoms with van der Waals surface area (Å²) in [7, 11) is 0. The van der Waals surface area contributed by atoms with Gasteiger partial charge in [-0.15, -0.1) is 21.5 Å². The van der Waals surface area contributed by atoms with Crippen molar-refractivity contribution in [2.45, 2.75) is 51.2 Å². The van der Waals surface area contributed by atoms with Gasteiger partial charge in [-0.1, -0.05) is 18.9 Å². The standard InChI is InChI=1S/C25H33N7O4S/c1-18-8-9-20(36-18)24-27-29-32(28-24)17-22(33)31(11-10-30-12-14-35-15-13-30)23(21-7-4-16-37-21)25(34)26-19-5-2-3-6-19/h4,7-9,16,19,23H,2-3,5-6,10-15,17H2,1H3,(H,26,34)/t23-/m1/s1. The first kappa shape index (κ1) is 25.6. The molecule has 3 aromatic rings. The number of furan rings is 1. The third kappa shape index (κ3) is 6.43. The summed E-state index contributed by atoms with van der Waals surface area (Å²) in [5.74, 6) is 1.17. The molecule has 3 aromatic heterocycles. The Morgan fingerprint density at radius 3 is 2.73 bits per heavy atom. The van der Waals surface area contributed by atoms with Crippen LogP contribution in [0.25, 0.3) is 11.6 Å². The lowest BCUT2D eigenvalue weighted by molar-refractivity contribution is -0.142. The molecule has 5 rings (SSSR count). The van der Waals surface area contributed by atoms with Crippen LogP contribution in [0.1, 0.15) is 42.4 Å². The molecule has 1 saturated carbocycles. The maximum atomic E-state index is 13.8. The Morgan fingerprint density at radius 2 is 2.03 bits per heavy atom. The average Bonchev–Trinajstić information content (AvgIpc) is 3.71. The number of aromatic nitrogens is 4. The molecule has 2 fully saturated rings. The van der Waals surface area contributed by atoms with E-state index in [1.807, 2.05) is 30.5 Å². The van der Waals surface area contributed by atoms with Crippen LogP contribution >= 0.6 is 11.3 Å². The van der Waals surface area contributed by atoms with E-state index in [4.69, 9.17) is 9.15 Å². The van der Waals surface area contributed by atoms with Crippen LogP contribution in [0.15, 0.2) is 34.1 Å². The molecule has 198 valence electrons. The average molecular weight is 528 g/mol. The van der Waals surface area contributed by atoms with E-state index < -0.39 is 6.04 Å². The monoisotopic (exact) mass is 527 g/mol. The molecular formula is C25H33N7O4S. The minimum atomic E-state index is -0.718. The van der Waals surface area contributed by atoms with Gasteiger partial charge in [0, 0.05) is 37.1 Å². The van der Waals surface area contributed by atoms with Crippen molar-refractivity contribution in [3.8, 4) is 11.6 Å². The number of rotatable bonds is 10. The number of ether oxygens (including phenoxy) is 1. The van der Waals surface area contributed by atoms with Crippen molar-refractivity contribution in [3.05, 3.63) is 40.3 Å². The van der Waals surface area contributed by atoms with Gasteiger partial charge >= 0.3 is 0 Å². The van der Waals surface area contributed by atoms with Crippen LogP contribution in [0.3, 0.4) is 0 Å². The predicted molar refractivity (Wildman–Crippen MR) is 137 cm³/mol. The van der Waals surface area contributed by atoms with E-state index in [-0.39, 0.29) is 24.4 Å². The summed E-state index contributed by atoms with van der Waals surface area (Å²) >= 11 is 1.48. The van der Waals surface area contributed by atoms with Gasteiger partial charge in [-0.2, -0.15) is 4.80 Å². The fourth-order valence-corrected chi connectivity index (χ4v) is 5.70. The third-order valence-corrected chi connectivity index (χ3v) is 7.77. The van der Waals surface area contributed by atoms with Crippen molar-refractivity contribution in [1.29, 1.82) is 0 Å². The third-order valence-electron chi connectivity index (χ3n) is 6.85. The topological polar surface area (TPSA) is 119 Å². The van der Waals surface area contributed by atoms with Crippen molar-refractivity contribution in [3.63, 3.8) is 0 Å². The number of nitrogens with one attached hydrogen (secondary N) is 1. The Balaban J connectivity index is 1.37. The van der Waals surface area contributed by atoms with Crippen LogP contribution < -0.4 is 5.32 Å². The minimum Gasteiger partial charge on any atom is -0.458 e. The van der Waals surface area contributed by atoms with E-state index in [9.17, 15) is 9.59 Å². The molecule has 0 radical (unpaired) electrons. The molecule has 1 N–H and O–H groups in total. The van der Waals surface area contributed by atoms with Crippen LogP contribution in [0, 0.1) is 6.92 Å². The number of aryl methyl sites for hydroxylation is 1. The Morgan fingerprint density at radius 1 is 1.22 bits per heavy atom. The molecule has 1 saturated heterocycles. The molecular weight excluding hydrogens is 494 g/mol. The smallest absolute Gasteiger partial charge is 0.248 e. The zero-order chi connectivity index (χ0) is 25.6. The Hall–Kier alpha value is -3.09. The number of hydrogen-bond donors (Lipinski definition) is 1. The Labute approximate surface area is 219 Å². The highest BCUT2D eigenvalue weighted by Crippen LogP contribution is 2.28. The molecule has 12 heteroatoms. The second kappa shape index (κ2) is 12.0. The van der Waals surface area contributed by atoms with Crippen LogP contribution in [-0.2, 0) is 20.9 Å². The highest BCUT2D eigenvalue weighted by Gasteiger charge is 2.34. The number of carbonyl (C=O) groups excluding carboxylic acids is 2. The van der Waals surface area contributed by atoms with Gasteiger partial charge in [-0.25, -0.2) is 0 Å². The maximum absolute atomic E-state index is 13.8. The molecule has 0 bridgehead atoms. The summed E-state index contributed by atoms with van der Waals surface area (Å²) in [6.07, 6.45) is 4.18. The van der Waals surface area contributed by atoms with Gasteiger partial charge in [0.1, 0.15) is 18.3 Å². The second-order valence-electron chi connectivity index (χ2n) is 9.50. The van der Waals surface area contributed by atoms with Gasteiger partial charge in [-0.3, -0.25) is 14.5 Å². The molecule has 2 amide bonds. The molecule has 0 unspecified atom stereocenters. The van der Waals surface area contributed by atoms with E-state index in [2.05, 4.69) is 25.6 Å². The maximum Gasteiger partial charge on any atom is 0.248 e. The Bertz CT molecular complexity index is 1170. The number of carbonyl (C=O) groups is 2. The lowest BCUT2D eigenvalue weighted by Crippen LogP contribution is -2.50. The van der Waals surface area contributed by atoms with E-state index in [0.29, 0.717) is 37.9 Å². The fraction of sp³-hybridized carbons (Fsp3) is 0.560. The number of thiophene rings is 1. The molecule has 37 heavy (non-hydrogen) atoms. The van der Waals surface area contributed by atoms with Gasteiger partial charge in [0.25, 0.3) is 0 Å². The lowest BCUT2D eigenvalue weighted by Gasteiger charge is -2.34. The second-order valence-corrected chi connectivity index (χ2v) is 10.5. The van der Waals surface area contributed by atoms with Gasteiger partial charge in [0.15, 0.2) is 5.76 Å². The SMILES string of the molecule is Cc1ccc(-c2nnn(CC(=O)N(CCN3CCOCC3)[C@@H](C(=O)NC3CCCC3)c3cccs3)n2)o1. The predicted octanol–water partition coefficient (Wildman–Crippen LogP) is 2.26. The van der Waals surface area contributed by atoms with E-state index in [1.165, 1.54) is 16.1 Å². The lowest BCUT2D eigenvalue weighted by atomic mass is 10.1.